The highest BCUT2D eigenvalue weighted by atomic mass is 35.5. The van der Waals surface area contributed by atoms with Gasteiger partial charge in [0.1, 0.15) is 0 Å². The smallest absolute Gasteiger partial charge is 0.196 e. The van der Waals surface area contributed by atoms with E-state index in [4.69, 9.17) is 34.8 Å². The third kappa shape index (κ3) is 4.62. The molecule has 7 heteroatoms. The van der Waals surface area contributed by atoms with Gasteiger partial charge in [0.2, 0.25) is 0 Å². The van der Waals surface area contributed by atoms with E-state index < -0.39 is 0 Å². The van der Waals surface area contributed by atoms with Gasteiger partial charge in [-0.15, -0.1) is 10.2 Å². The van der Waals surface area contributed by atoms with Gasteiger partial charge < -0.3 is 0 Å². The molecule has 0 amide bonds. The number of aryl methyl sites for hydroxylation is 1. The number of hydrogen-bond acceptors (Lipinski definition) is 3. The Labute approximate surface area is 188 Å². The summed E-state index contributed by atoms with van der Waals surface area (Å²) < 4.78 is 2.07. The summed E-state index contributed by atoms with van der Waals surface area (Å²) in [6.07, 6.45) is 0. The van der Waals surface area contributed by atoms with Crippen LogP contribution in [0.25, 0.3) is 17.1 Å². The van der Waals surface area contributed by atoms with Gasteiger partial charge in [-0.2, -0.15) is 0 Å². The highest BCUT2D eigenvalue weighted by molar-refractivity contribution is 7.98. The minimum Gasteiger partial charge on any atom is -0.270 e. The van der Waals surface area contributed by atoms with E-state index in [2.05, 4.69) is 39.9 Å². The van der Waals surface area contributed by atoms with Gasteiger partial charge in [-0.3, -0.25) is 4.57 Å². The average Bonchev–Trinajstić information content (AvgIpc) is 3.13. The summed E-state index contributed by atoms with van der Waals surface area (Å²) in [7, 11) is 0. The van der Waals surface area contributed by atoms with Crippen LogP contribution in [0.2, 0.25) is 15.1 Å². The quantitative estimate of drug-likeness (QED) is 0.289. The number of rotatable bonds is 5. The van der Waals surface area contributed by atoms with Crippen LogP contribution in [0.15, 0.2) is 71.9 Å². The van der Waals surface area contributed by atoms with E-state index in [0.29, 0.717) is 20.8 Å². The normalized spacial score (nSPS) is 11.0. The summed E-state index contributed by atoms with van der Waals surface area (Å²) in [4.78, 5) is 0. The van der Waals surface area contributed by atoms with Crippen molar-refractivity contribution in [3.63, 3.8) is 0 Å². The van der Waals surface area contributed by atoms with Gasteiger partial charge in [0.25, 0.3) is 0 Å². The zero-order chi connectivity index (χ0) is 20.4. The van der Waals surface area contributed by atoms with Crippen molar-refractivity contribution in [1.82, 2.24) is 14.8 Å². The zero-order valence-corrected chi connectivity index (χ0v) is 18.5. The molecule has 0 bridgehead atoms. The van der Waals surface area contributed by atoms with E-state index >= 15 is 0 Å². The van der Waals surface area contributed by atoms with Crippen LogP contribution < -0.4 is 0 Å². The molecule has 4 aromatic rings. The molecule has 0 spiro atoms. The molecule has 0 fully saturated rings. The van der Waals surface area contributed by atoms with E-state index in [9.17, 15) is 0 Å². The van der Waals surface area contributed by atoms with Gasteiger partial charge in [-0.1, -0.05) is 64.8 Å². The van der Waals surface area contributed by atoms with Crippen LogP contribution in [0, 0.1) is 6.92 Å². The highest BCUT2D eigenvalue weighted by Gasteiger charge is 2.16. The van der Waals surface area contributed by atoms with Gasteiger partial charge in [-0.05, 0) is 66.6 Å². The number of benzene rings is 3. The van der Waals surface area contributed by atoms with Crippen molar-refractivity contribution in [2.24, 2.45) is 0 Å². The highest BCUT2D eigenvalue weighted by Crippen LogP contribution is 2.32. The molecule has 29 heavy (non-hydrogen) atoms. The summed E-state index contributed by atoms with van der Waals surface area (Å²) >= 11 is 19.8. The van der Waals surface area contributed by atoms with Gasteiger partial charge >= 0.3 is 0 Å². The van der Waals surface area contributed by atoms with E-state index in [1.165, 1.54) is 5.56 Å². The monoisotopic (exact) mass is 459 g/mol. The maximum atomic E-state index is 6.15. The van der Waals surface area contributed by atoms with Crippen molar-refractivity contribution >= 4 is 46.6 Å². The fourth-order valence-electron chi connectivity index (χ4n) is 2.93. The molecule has 0 saturated heterocycles. The molecule has 0 aliphatic heterocycles. The Bertz CT molecular complexity index is 1160. The average molecular weight is 461 g/mol. The van der Waals surface area contributed by atoms with Gasteiger partial charge in [0.15, 0.2) is 11.0 Å². The number of aromatic nitrogens is 3. The zero-order valence-electron chi connectivity index (χ0n) is 15.4. The minimum atomic E-state index is 0.548. The fourth-order valence-corrected chi connectivity index (χ4v) is 4.27. The first-order valence-electron chi connectivity index (χ1n) is 8.86. The number of thioether (sulfide) groups is 1. The Morgan fingerprint density at radius 1 is 0.862 bits per heavy atom. The topological polar surface area (TPSA) is 30.7 Å². The molecule has 1 heterocycles. The maximum absolute atomic E-state index is 6.15. The molecule has 0 unspecified atom stereocenters. The van der Waals surface area contributed by atoms with Crippen molar-refractivity contribution in [3.05, 3.63) is 92.9 Å². The summed E-state index contributed by atoms with van der Waals surface area (Å²) in [5, 5.41) is 11.5. The number of halogens is 3. The number of nitrogens with zero attached hydrogens (tertiary/aromatic N) is 3. The predicted molar refractivity (Wildman–Crippen MR) is 123 cm³/mol. The molecular formula is C22H16Cl3N3S. The summed E-state index contributed by atoms with van der Waals surface area (Å²) in [6, 6.07) is 21.5. The standard InChI is InChI=1S/C22H16Cl3N3S/c1-14-3-2-4-18(11-14)28-21(16-6-8-17(23)9-7-16)26-27-22(28)29-13-15-5-10-19(24)20(25)12-15/h2-12H,13H2,1H3. The molecular weight excluding hydrogens is 445 g/mol. The van der Waals surface area contributed by atoms with Crippen molar-refractivity contribution in [2.75, 3.05) is 0 Å². The molecule has 0 aliphatic carbocycles. The third-order valence-corrected chi connectivity index (χ3v) is 6.34. The first-order valence-corrected chi connectivity index (χ1v) is 11.0. The van der Waals surface area contributed by atoms with Crippen LogP contribution in [0.4, 0.5) is 0 Å². The van der Waals surface area contributed by atoms with Crippen molar-refractivity contribution in [1.29, 1.82) is 0 Å². The Balaban J connectivity index is 1.73. The third-order valence-electron chi connectivity index (χ3n) is 4.35. The molecule has 1 aromatic heterocycles. The van der Waals surface area contributed by atoms with Crippen LogP contribution in [0.1, 0.15) is 11.1 Å². The Kier molecular flexibility index (Phi) is 6.16. The molecule has 0 saturated carbocycles. The molecule has 146 valence electrons. The second-order valence-corrected chi connectivity index (χ2v) is 8.72. The van der Waals surface area contributed by atoms with Crippen molar-refractivity contribution in [2.45, 2.75) is 17.8 Å². The second kappa shape index (κ2) is 8.80. The molecule has 0 aliphatic rings. The Morgan fingerprint density at radius 2 is 1.66 bits per heavy atom. The summed E-state index contributed by atoms with van der Waals surface area (Å²) in [5.41, 5.74) is 4.19. The Morgan fingerprint density at radius 3 is 2.38 bits per heavy atom. The largest absolute Gasteiger partial charge is 0.270 e. The first kappa shape index (κ1) is 20.3. The van der Waals surface area contributed by atoms with E-state index in [-0.39, 0.29) is 0 Å². The lowest BCUT2D eigenvalue weighted by Crippen LogP contribution is -2.00. The van der Waals surface area contributed by atoms with Gasteiger partial charge in [0.05, 0.1) is 10.0 Å². The number of hydrogen-bond donors (Lipinski definition) is 0. The SMILES string of the molecule is Cc1cccc(-n2c(SCc3ccc(Cl)c(Cl)c3)nnc2-c2ccc(Cl)cc2)c1. The van der Waals surface area contributed by atoms with E-state index in [1.54, 1.807) is 11.8 Å². The lowest BCUT2D eigenvalue weighted by molar-refractivity contribution is 0.885. The second-order valence-electron chi connectivity index (χ2n) is 6.52. The molecule has 0 radical (unpaired) electrons. The van der Waals surface area contributed by atoms with E-state index in [1.807, 2.05) is 48.5 Å². The van der Waals surface area contributed by atoms with Crippen LogP contribution in [-0.2, 0) is 5.75 Å². The summed E-state index contributed by atoms with van der Waals surface area (Å²) in [6.45, 7) is 2.07. The lowest BCUT2D eigenvalue weighted by Gasteiger charge is -2.11. The van der Waals surface area contributed by atoms with Crippen molar-refractivity contribution in [3.8, 4) is 17.1 Å². The van der Waals surface area contributed by atoms with Crippen LogP contribution in [0.5, 0.6) is 0 Å². The van der Waals surface area contributed by atoms with Crippen LogP contribution in [0.3, 0.4) is 0 Å². The molecule has 0 atom stereocenters. The van der Waals surface area contributed by atoms with Gasteiger partial charge in [-0.25, -0.2) is 0 Å². The lowest BCUT2D eigenvalue weighted by atomic mass is 10.2. The van der Waals surface area contributed by atoms with Gasteiger partial charge in [0, 0.05) is 22.0 Å². The van der Waals surface area contributed by atoms with Crippen LogP contribution >= 0.6 is 46.6 Å². The predicted octanol–water partition coefficient (Wildman–Crippen LogP) is 7.50. The first-order chi connectivity index (χ1) is 14.0. The molecule has 0 N–H and O–H groups in total. The Hall–Kier alpha value is -1.98. The molecule has 3 nitrogen and oxygen atoms in total. The maximum Gasteiger partial charge on any atom is 0.196 e. The van der Waals surface area contributed by atoms with E-state index in [0.717, 1.165) is 27.8 Å². The fraction of sp³-hybridized carbons (Fsp3) is 0.0909. The summed E-state index contributed by atoms with van der Waals surface area (Å²) in [5.74, 6) is 1.46. The molecule has 3 aromatic carbocycles. The minimum absolute atomic E-state index is 0.548. The molecule has 4 rings (SSSR count). The van der Waals surface area contributed by atoms with Crippen LogP contribution in [-0.4, -0.2) is 14.8 Å². The van der Waals surface area contributed by atoms with Crippen molar-refractivity contribution < 1.29 is 0 Å².